The third-order valence-corrected chi connectivity index (χ3v) is 5.99. The molecule has 1 rings (SSSR count). The Morgan fingerprint density at radius 3 is 2.23 bits per heavy atom. The highest BCUT2D eigenvalue weighted by molar-refractivity contribution is 8.77. The molecule has 8 heteroatoms. The van der Waals surface area contributed by atoms with E-state index in [2.05, 4.69) is 10.6 Å². The second-order valence-electron chi connectivity index (χ2n) is 5.38. The number of esters is 2. The van der Waals surface area contributed by atoms with E-state index in [1.165, 1.54) is 0 Å². The van der Waals surface area contributed by atoms with Crippen molar-refractivity contribution in [2.75, 3.05) is 45.0 Å². The summed E-state index contributed by atoms with van der Waals surface area (Å²) in [7, 11) is 5.31. The molecular formula is C14H26N2O4S2. The van der Waals surface area contributed by atoms with Gasteiger partial charge >= 0.3 is 11.9 Å². The minimum atomic E-state index is -0.243. The largest absolute Gasteiger partial charge is 0.465 e. The van der Waals surface area contributed by atoms with E-state index >= 15 is 0 Å². The van der Waals surface area contributed by atoms with Crippen LogP contribution < -0.4 is 10.6 Å². The van der Waals surface area contributed by atoms with Gasteiger partial charge < -0.3 is 20.1 Å². The minimum Gasteiger partial charge on any atom is -0.465 e. The molecule has 0 atom stereocenters. The van der Waals surface area contributed by atoms with Crippen molar-refractivity contribution >= 4 is 33.5 Å². The molecule has 1 fully saturated rings. The van der Waals surface area contributed by atoms with Gasteiger partial charge in [0.05, 0.1) is 11.8 Å². The summed E-state index contributed by atoms with van der Waals surface area (Å²) in [5.41, 5.74) is -0.243. The van der Waals surface area contributed by atoms with Crippen LogP contribution in [0.15, 0.2) is 0 Å². The molecule has 1 saturated heterocycles. The highest BCUT2D eigenvalue weighted by Crippen LogP contribution is 2.43. The molecule has 0 aliphatic carbocycles. The average molecular weight is 351 g/mol. The molecule has 0 saturated carbocycles. The van der Waals surface area contributed by atoms with Crippen molar-refractivity contribution in [3.63, 3.8) is 0 Å². The Morgan fingerprint density at radius 1 is 1.09 bits per heavy atom. The van der Waals surface area contributed by atoms with E-state index in [0.29, 0.717) is 39.3 Å². The lowest BCUT2D eigenvalue weighted by atomic mass is 9.95. The number of nitrogens with one attached hydrogen (secondary N) is 2. The van der Waals surface area contributed by atoms with Crippen LogP contribution in [0, 0.1) is 5.41 Å². The van der Waals surface area contributed by atoms with Gasteiger partial charge in [0.25, 0.3) is 0 Å². The van der Waals surface area contributed by atoms with Crippen molar-refractivity contribution in [1.82, 2.24) is 10.6 Å². The number of carbonyl (C=O) groups excluding carboxylic acids is 2. The molecule has 1 aliphatic rings. The summed E-state index contributed by atoms with van der Waals surface area (Å²) < 4.78 is 10.7. The highest BCUT2D eigenvalue weighted by Gasteiger charge is 2.38. The van der Waals surface area contributed by atoms with Crippen LogP contribution in [0.4, 0.5) is 0 Å². The summed E-state index contributed by atoms with van der Waals surface area (Å²) in [5.74, 6) is 1.28. The quantitative estimate of drug-likeness (QED) is 0.251. The van der Waals surface area contributed by atoms with Crippen molar-refractivity contribution in [2.24, 2.45) is 5.41 Å². The van der Waals surface area contributed by atoms with Gasteiger partial charge in [0.1, 0.15) is 13.2 Å². The summed E-state index contributed by atoms with van der Waals surface area (Å²) in [6.07, 6.45) is 1.56. The summed E-state index contributed by atoms with van der Waals surface area (Å²) in [6, 6.07) is 0. The van der Waals surface area contributed by atoms with Crippen LogP contribution in [0.1, 0.15) is 26.2 Å². The van der Waals surface area contributed by atoms with Gasteiger partial charge in [0, 0.05) is 31.1 Å². The third kappa shape index (κ3) is 7.71. The SMILES string of the molecule is CCCC(=O)OCC1(COC(=O)CCNCNC)CSSC1. The smallest absolute Gasteiger partial charge is 0.307 e. The molecule has 1 heterocycles. The van der Waals surface area contributed by atoms with Gasteiger partial charge in [0.15, 0.2) is 0 Å². The molecule has 0 bridgehead atoms. The Kier molecular flexibility index (Phi) is 9.94. The Balaban J connectivity index is 2.30. The zero-order valence-corrected chi connectivity index (χ0v) is 14.9. The Hall–Kier alpha value is -0.440. The monoisotopic (exact) mass is 350 g/mol. The lowest BCUT2D eigenvalue weighted by Gasteiger charge is -2.26. The molecule has 0 aromatic rings. The van der Waals surface area contributed by atoms with Crippen LogP contribution >= 0.6 is 21.6 Å². The molecule has 0 spiro atoms. The van der Waals surface area contributed by atoms with Gasteiger partial charge in [-0.05, 0) is 13.5 Å². The standard InChI is InChI=1S/C14H26N2O4S2/c1-3-4-12(17)19-7-14(9-21-22-10-14)8-20-13(18)5-6-16-11-15-2/h15-16H,3-11H2,1-2H3. The van der Waals surface area contributed by atoms with Crippen molar-refractivity contribution < 1.29 is 19.1 Å². The maximum Gasteiger partial charge on any atom is 0.307 e. The molecule has 0 amide bonds. The maximum absolute atomic E-state index is 11.7. The topological polar surface area (TPSA) is 76.7 Å². The van der Waals surface area contributed by atoms with E-state index in [1.54, 1.807) is 21.6 Å². The van der Waals surface area contributed by atoms with Crippen LogP contribution in [0.25, 0.3) is 0 Å². The Bertz CT molecular complexity index is 350. The lowest BCUT2D eigenvalue weighted by molar-refractivity contribution is -0.152. The fraction of sp³-hybridized carbons (Fsp3) is 0.857. The summed E-state index contributed by atoms with van der Waals surface area (Å²) in [5, 5.41) is 6.01. The van der Waals surface area contributed by atoms with Crippen molar-refractivity contribution in [1.29, 1.82) is 0 Å². The second kappa shape index (κ2) is 11.2. The third-order valence-electron chi connectivity index (χ3n) is 3.15. The molecule has 0 unspecified atom stereocenters. The van der Waals surface area contributed by atoms with Gasteiger partial charge in [0.2, 0.25) is 0 Å². The molecule has 2 N–H and O–H groups in total. The van der Waals surface area contributed by atoms with Gasteiger partial charge in [-0.25, -0.2) is 0 Å². The van der Waals surface area contributed by atoms with Crippen molar-refractivity contribution in [2.45, 2.75) is 26.2 Å². The van der Waals surface area contributed by atoms with Gasteiger partial charge in [-0.1, -0.05) is 28.5 Å². The molecule has 128 valence electrons. The number of ether oxygens (including phenoxy) is 2. The molecule has 0 radical (unpaired) electrons. The van der Waals surface area contributed by atoms with Crippen LogP contribution in [0.5, 0.6) is 0 Å². The molecule has 0 aromatic heterocycles. The molecular weight excluding hydrogens is 324 g/mol. The van der Waals surface area contributed by atoms with E-state index in [0.717, 1.165) is 17.9 Å². The van der Waals surface area contributed by atoms with E-state index < -0.39 is 0 Å². The first kappa shape index (κ1) is 19.6. The summed E-state index contributed by atoms with van der Waals surface area (Å²) >= 11 is 0. The first-order valence-corrected chi connectivity index (χ1v) is 10.0. The molecule has 1 aliphatic heterocycles. The van der Waals surface area contributed by atoms with Gasteiger partial charge in [-0.15, -0.1) is 0 Å². The predicted molar refractivity (Wildman–Crippen MR) is 90.7 cm³/mol. The second-order valence-corrected chi connectivity index (χ2v) is 7.84. The van der Waals surface area contributed by atoms with E-state index in [-0.39, 0.29) is 17.4 Å². The number of hydrogen-bond acceptors (Lipinski definition) is 8. The van der Waals surface area contributed by atoms with Crippen molar-refractivity contribution in [3.05, 3.63) is 0 Å². The number of hydrogen-bond donors (Lipinski definition) is 2. The first-order chi connectivity index (χ1) is 10.6. The fourth-order valence-electron chi connectivity index (χ4n) is 1.80. The fourth-order valence-corrected chi connectivity index (χ4v) is 5.14. The zero-order chi connectivity index (χ0) is 16.3. The molecule has 6 nitrogen and oxygen atoms in total. The zero-order valence-electron chi connectivity index (χ0n) is 13.3. The predicted octanol–water partition coefficient (Wildman–Crippen LogP) is 1.41. The Morgan fingerprint density at radius 2 is 1.68 bits per heavy atom. The van der Waals surface area contributed by atoms with E-state index in [9.17, 15) is 9.59 Å². The van der Waals surface area contributed by atoms with Crippen LogP contribution in [-0.2, 0) is 19.1 Å². The van der Waals surface area contributed by atoms with Crippen LogP contribution in [-0.4, -0.2) is 56.9 Å². The van der Waals surface area contributed by atoms with Gasteiger partial charge in [-0.3, -0.25) is 9.59 Å². The van der Waals surface area contributed by atoms with Crippen LogP contribution in [0.2, 0.25) is 0 Å². The number of carbonyl (C=O) groups is 2. The highest BCUT2D eigenvalue weighted by atomic mass is 33.1. The minimum absolute atomic E-state index is 0.175. The maximum atomic E-state index is 11.7. The van der Waals surface area contributed by atoms with Crippen molar-refractivity contribution in [3.8, 4) is 0 Å². The molecule has 0 aromatic carbocycles. The summed E-state index contributed by atoms with van der Waals surface area (Å²) in [4.78, 5) is 23.3. The summed E-state index contributed by atoms with van der Waals surface area (Å²) in [6.45, 7) is 3.84. The van der Waals surface area contributed by atoms with Crippen LogP contribution in [0.3, 0.4) is 0 Å². The number of rotatable bonds is 11. The van der Waals surface area contributed by atoms with E-state index in [1.807, 2.05) is 14.0 Å². The Labute approximate surface area is 140 Å². The molecule has 22 heavy (non-hydrogen) atoms. The average Bonchev–Trinajstić information content (AvgIpc) is 2.97. The normalized spacial score (nSPS) is 16.5. The lowest BCUT2D eigenvalue weighted by Crippen LogP contribution is -2.37. The van der Waals surface area contributed by atoms with Gasteiger partial charge in [-0.2, -0.15) is 0 Å². The first-order valence-electron chi connectivity index (χ1n) is 7.53. The van der Waals surface area contributed by atoms with E-state index in [4.69, 9.17) is 9.47 Å².